The van der Waals surface area contributed by atoms with Gasteiger partial charge in [0.1, 0.15) is 5.60 Å². The first-order chi connectivity index (χ1) is 8.20. The standard InChI is InChI=1S/C13H19ClN2O/c1-10-4-3-6-13(8-10,17-2)12-15-7-5-11(9-14)16-12/h5,7,10H,3-4,6,8-9H2,1-2H3. The third kappa shape index (κ3) is 2.61. The molecule has 1 heterocycles. The van der Waals surface area contributed by atoms with Gasteiger partial charge in [-0.3, -0.25) is 0 Å². The molecule has 4 heteroatoms. The highest BCUT2D eigenvalue weighted by Crippen LogP contribution is 2.40. The van der Waals surface area contributed by atoms with E-state index in [1.54, 1.807) is 13.3 Å². The molecule has 1 aliphatic rings. The van der Waals surface area contributed by atoms with Crippen LogP contribution in [0.5, 0.6) is 0 Å². The first-order valence-corrected chi connectivity index (χ1v) is 6.67. The van der Waals surface area contributed by atoms with Crippen molar-refractivity contribution in [1.82, 2.24) is 9.97 Å². The number of ether oxygens (including phenoxy) is 1. The van der Waals surface area contributed by atoms with Crippen LogP contribution in [-0.2, 0) is 16.2 Å². The zero-order valence-electron chi connectivity index (χ0n) is 10.4. The van der Waals surface area contributed by atoms with Crippen molar-refractivity contribution in [1.29, 1.82) is 0 Å². The van der Waals surface area contributed by atoms with E-state index in [9.17, 15) is 0 Å². The van der Waals surface area contributed by atoms with E-state index in [1.807, 2.05) is 6.07 Å². The summed E-state index contributed by atoms with van der Waals surface area (Å²) >= 11 is 5.82. The molecule has 2 rings (SSSR count). The maximum Gasteiger partial charge on any atom is 0.160 e. The quantitative estimate of drug-likeness (QED) is 0.777. The normalized spacial score (nSPS) is 29.2. The van der Waals surface area contributed by atoms with Crippen LogP contribution in [-0.4, -0.2) is 17.1 Å². The molecule has 0 amide bonds. The highest BCUT2D eigenvalue weighted by Gasteiger charge is 2.39. The molecule has 0 spiro atoms. The maximum atomic E-state index is 5.82. The summed E-state index contributed by atoms with van der Waals surface area (Å²) in [5, 5.41) is 0. The van der Waals surface area contributed by atoms with E-state index >= 15 is 0 Å². The molecular weight excluding hydrogens is 236 g/mol. The molecule has 17 heavy (non-hydrogen) atoms. The SMILES string of the molecule is COC1(c2nccc(CCl)n2)CCCC(C)C1. The molecule has 3 nitrogen and oxygen atoms in total. The molecule has 2 atom stereocenters. The van der Waals surface area contributed by atoms with Gasteiger partial charge >= 0.3 is 0 Å². The van der Waals surface area contributed by atoms with Crippen molar-refractivity contribution in [3.05, 3.63) is 23.8 Å². The zero-order chi connectivity index (χ0) is 12.3. The minimum absolute atomic E-state index is 0.306. The number of alkyl halides is 1. The molecular formula is C13H19ClN2O. The Morgan fingerprint density at radius 3 is 3.06 bits per heavy atom. The van der Waals surface area contributed by atoms with Crippen molar-refractivity contribution in [3.8, 4) is 0 Å². The Morgan fingerprint density at radius 2 is 2.41 bits per heavy atom. The second kappa shape index (κ2) is 5.32. The van der Waals surface area contributed by atoms with Crippen LogP contribution in [0.4, 0.5) is 0 Å². The van der Waals surface area contributed by atoms with Crippen LogP contribution >= 0.6 is 11.6 Å². The lowest BCUT2D eigenvalue weighted by Crippen LogP contribution is -2.36. The fourth-order valence-electron chi connectivity index (χ4n) is 2.67. The average molecular weight is 255 g/mol. The fraction of sp³-hybridized carbons (Fsp3) is 0.692. The van der Waals surface area contributed by atoms with Crippen LogP contribution in [0.3, 0.4) is 0 Å². The van der Waals surface area contributed by atoms with Crippen molar-refractivity contribution in [2.45, 2.75) is 44.1 Å². The monoisotopic (exact) mass is 254 g/mol. The molecule has 0 aliphatic heterocycles. The van der Waals surface area contributed by atoms with Gasteiger partial charge in [-0.15, -0.1) is 11.6 Å². The second-order valence-electron chi connectivity index (χ2n) is 4.91. The van der Waals surface area contributed by atoms with Crippen LogP contribution in [0.15, 0.2) is 12.3 Å². The maximum absolute atomic E-state index is 5.82. The van der Waals surface area contributed by atoms with E-state index in [-0.39, 0.29) is 5.60 Å². The van der Waals surface area contributed by atoms with Gasteiger partial charge in [0, 0.05) is 13.3 Å². The number of hydrogen-bond donors (Lipinski definition) is 0. The van der Waals surface area contributed by atoms with Gasteiger partial charge in [0.05, 0.1) is 11.6 Å². The van der Waals surface area contributed by atoms with Crippen molar-refractivity contribution in [2.24, 2.45) is 5.92 Å². The fourth-order valence-corrected chi connectivity index (χ4v) is 2.82. The Hall–Kier alpha value is -0.670. The number of hydrogen-bond acceptors (Lipinski definition) is 3. The van der Waals surface area contributed by atoms with Gasteiger partial charge < -0.3 is 4.74 Å². The highest BCUT2D eigenvalue weighted by atomic mass is 35.5. The van der Waals surface area contributed by atoms with Crippen LogP contribution in [0.25, 0.3) is 0 Å². The van der Waals surface area contributed by atoms with E-state index in [4.69, 9.17) is 16.3 Å². The van der Waals surface area contributed by atoms with Gasteiger partial charge in [-0.05, 0) is 31.2 Å². The smallest absolute Gasteiger partial charge is 0.160 e. The number of aromatic nitrogens is 2. The summed E-state index contributed by atoms with van der Waals surface area (Å²) in [5.41, 5.74) is 0.561. The lowest BCUT2D eigenvalue weighted by Gasteiger charge is -2.37. The summed E-state index contributed by atoms with van der Waals surface area (Å²) in [7, 11) is 1.76. The molecule has 1 aromatic rings. The van der Waals surface area contributed by atoms with E-state index < -0.39 is 0 Å². The minimum Gasteiger partial charge on any atom is -0.370 e. The van der Waals surface area contributed by atoms with Gasteiger partial charge in [-0.1, -0.05) is 13.3 Å². The molecule has 1 aliphatic carbocycles. The van der Waals surface area contributed by atoms with Crippen molar-refractivity contribution in [2.75, 3.05) is 7.11 Å². The Morgan fingerprint density at radius 1 is 1.59 bits per heavy atom. The van der Waals surface area contributed by atoms with Gasteiger partial charge in [0.2, 0.25) is 0 Å². The zero-order valence-corrected chi connectivity index (χ0v) is 11.2. The van der Waals surface area contributed by atoms with Crippen LogP contribution < -0.4 is 0 Å². The summed E-state index contributed by atoms with van der Waals surface area (Å²) in [6.45, 7) is 2.26. The molecule has 0 bridgehead atoms. The predicted molar refractivity (Wildman–Crippen MR) is 67.9 cm³/mol. The molecule has 0 radical (unpaired) electrons. The van der Waals surface area contributed by atoms with Crippen molar-refractivity contribution >= 4 is 11.6 Å². The molecule has 0 saturated heterocycles. The number of methoxy groups -OCH3 is 1. The number of rotatable bonds is 3. The van der Waals surface area contributed by atoms with Gasteiger partial charge in [0.15, 0.2) is 5.82 Å². The third-order valence-electron chi connectivity index (χ3n) is 3.60. The van der Waals surface area contributed by atoms with Crippen LogP contribution in [0.1, 0.15) is 44.1 Å². The molecule has 2 unspecified atom stereocenters. The van der Waals surface area contributed by atoms with E-state index in [0.29, 0.717) is 11.8 Å². The number of nitrogens with zero attached hydrogens (tertiary/aromatic N) is 2. The predicted octanol–water partition coefficient (Wildman–Crippen LogP) is 3.27. The van der Waals surface area contributed by atoms with Gasteiger partial charge in [0.25, 0.3) is 0 Å². The van der Waals surface area contributed by atoms with E-state index in [0.717, 1.165) is 24.4 Å². The molecule has 1 fully saturated rings. The Labute approximate surface area is 108 Å². The third-order valence-corrected chi connectivity index (χ3v) is 3.88. The van der Waals surface area contributed by atoms with Gasteiger partial charge in [-0.25, -0.2) is 9.97 Å². The summed E-state index contributed by atoms with van der Waals surface area (Å²) in [6, 6.07) is 1.85. The molecule has 0 aromatic carbocycles. The Balaban J connectivity index is 2.32. The molecule has 0 N–H and O–H groups in total. The van der Waals surface area contributed by atoms with E-state index in [1.165, 1.54) is 12.8 Å². The minimum atomic E-state index is -0.306. The topological polar surface area (TPSA) is 35.0 Å². The van der Waals surface area contributed by atoms with Crippen LogP contribution in [0.2, 0.25) is 0 Å². The first kappa shape index (κ1) is 12.8. The van der Waals surface area contributed by atoms with Crippen LogP contribution in [0, 0.1) is 5.92 Å². The summed E-state index contributed by atoms with van der Waals surface area (Å²) in [5.74, 6) is 1.88. The summed E-state index contributed by atoms with van der Waals surface area (Å²) < 4.78 is 5.77. The van der Waals surface area contributed by atoms with Crippen molar-refractivity contribution in [3.63, 3.8) is 0 Å². The summed E-state index contributed by atoms with van der Waals surface area (Å²) in [6.07, 6.45) is 6.21. The number of halogens is 1. The average Bonchev–Trinajstić information content (AvgIpc) is 2.38. The van der Waals surface area contributed by atoms with Gasteiger partial charge in [-0.2, -0.15) is 0 Å². The molecule has 94 valence electrons. The second-order valence-corrected chi connectivity index (χ2v) is 5.17. The lowest BCUT2D eigenvalue weighted by molar-refractivity contribution is -0.0647. The largest absolute Gasteiger partial charge is 0.370 e. The summed E-state index contributed by atoms with van der Waals surface area (Å²) in [4.78, 5) is 8.92. The van der Waals surface area contributed by atoms with Crippen molar-refractivity contribution < 1.29 is 4.74 Å². The first-order valence-electron chi connectivity index (χ1n) is 6.14. The Kier molecular flexibility index (Phi) is 4.00. The van der Waals surface area contributed by atoms with E-state index in [2.05, 4.69) is 16.9 Å². The lowest BCUT2D eigenvalue weighted by atomic mass is 9.78. The molecule has 1 aromatic heterocycles. The molecule has 1 saturated carbocycles. The highest BCUT2D eigenvalue weighted by molar-refractivity contribution is 6.16. The Bertz CT molecular complexity index is 385.